The van der Waals surface area contributed by atoms with E-state index in [4.69, 9.17) is 0 Å². The number of fused-ring (bicyclic) bond motifs is 4. The summed E-state index contributed by atoms with van der Waals surface area (Å²) in [5, 5.41) is 2.63. The van der Waals surface area contributed by atoms with Gasteiger partial charge in [0, 0.05) is 31.8 Å². The van der Waals surface area contributed by atoms with Gasteiger partial charge in [-0.3, -0.25) is 9.78 Å². The molecule has 0 saturated carbocycles. The molecule has 0 radical (unpaired) electrons. The Balaban J connectivity index is 2.36. The molecule has 0 atom stereocenters. The number of hydrogen-bond acceptors (Lipinski definition) is 3. The minimum Gasteiger partial charge on any atom is -0.289 e. The van der Waals surface area contributed by atoms with Crippen LogP contribution < -0.4 is 5.43 Å². The second-order valence-corrected chi connectivity index (χ2v) is 5.49. The third-order valence-corrected chi connectivity index (χ3v) is 4.54. The van der Waals surface area contributed by atoms with Crippen LogP contribution in [-0.2, 0) is 0 Å². The molecule has 0 fully saturated rings. The molecule has 4 aromatic rings. The van der Waals surface area contributed by atoms with Crippen molar-refractivity contribution in [1.82, 2.24) is 4.98 Å². The molecule has 0 bridgehead atoms. The molecule has 3 heteroatoms. The van der Waals surface area contributed by atoms with Gasteiger partial charge >= 0.3 is 0 Å². The Kier molecular flexibility index (Phi) is 2.17. The second kappa shape index (κ2) is 3.87. The molecule has 4 rings (SSSR count). The molecule has 2 heterocycles. The minimum absolute atomic E-state index is 0.107. The Hall–Kier alpha value is -2.26. The van der Waals surface area contributed by atoms with Crippen LogP contribution in [0.3, 0.4) is 0 Å². The van der Waals surface area contributed by atoms with E-state index in [1.807, 2.05) is 48.5 Å². The van der Waals surface area contributed by atoms with Crippen molar-refractivity contribution in [2.45, 2.75) is 0 Å². The Labute approximate surface area is 113 Å². The maximum absolute atomic E-state index is 12.5. The molecule has 90 valence electrons. The van der Waals surface area contributed by atoms with Crippen molar-refractivity contribution in [2.75, 3.05) is 0 Å². The van der Waals surface area contributed by atoms with E-state index in [0.29, 0.717) is 0 Å². The molecule has 0 aliphatic rings. The lowest BCUT2D eigenvalue weighted by molar-refractivity contribution is 1.42. The van der Waals surface area contributed by atoms with E-state index in [2.05, 4.69) is 4.98 Å². The average molecular weight is 263 g/mol. The standard InChI is InChI=1S/C16H9NOS/c18-15-11-4-1-2-6-14(11)19-16-10-5-3-9-17-13(10)8-7-12(15)16/h1-9H. The van der Waals surface area contributed by atoms with E-state index in [9.17, 15) is 4.79 Å². The van der Waals surface area contributed by atoms with Crippen molar-refractivity contribution in [3.8, 4) is 0 Å². The van der Waals surface area contributed by atoms with Gasteiger partial charge in [-0.15, -0.1) is 11.3 Å². The Morgan fingerprint density at radius 1 is 0.842 bits per heavy atom. The molecule has 0 unspecified atom stereocenters. The molecular weight excluding hydrogens is 254 g/mol. The van der Waals surface area contributed by atoms with Gasteiger partial charge in [0.15, 0.2) is 5.43 Å². The summed E-state index contributed by atoms with van der Waals surface area (Å²) in [5.41, 5.74) is 1.04. The topological polar surface area (TPSA) is 30.0 Å². The summed E-state index contributed by atoms with van der Waals surface area (Å²) >= 11 is 1.65. The third kappa shape index (κ3) is 1.48. The Morgan fingerprint density at radius 2 is 1.68 bits per heavy atom. The van der Waals surface area contributed by atoms with Crippen LogP contribution in [0.2, 0.25) is 0 Å². The van der Waals surface area contributed by atoms with Crippen molar-refractivity contribution >= 4 is 42.4 Å². The molecule has 2 aromatic heterocycles. The molecule has 0 N–H and O–H groups in total. The van der Waals surface area contributed by atoms with E-state index in [0.717, 1.165) is 31.1 Å². The Morgan fingerprint density at radius 3 is 2.63 bits per heavy atom. The van der Waals surface area contributed by atoms with Crippen LogP contribution in [0.1, 0.15) is 0 Å². The van der Waals surface area contributed by atoms with E-state index >= 15 is 0 Å². The van der Waals surface area contributed by atoms with E-state index < -0.39 is 0 Å². The first-order valence-corrected chi connectivity index (χ1v) is 6.85. The maximum atomic E-state index is 12.5. The predicted octanol–water partition coefficient (Wildman–Crippen LogP) is 3.96. The van der Waals surface area contributed by atoms with Crippen LogP contribution in [0.5, 0.6) is 0 Å². The fraction of sp³-hybridized carbons (Fsp3) is 0. The van der Waals surface area contributed by atoms with Gasteiger partial charge < -0.3 is 0 Å². The lowest BCUT2D eigenvalue weighted by atomic mass is 10.1. The second-order valence-electron chi connectivity index (χ2n) is 4.44. The summed E-state index contributed by atoms with van der Waals surface area (Å²) in [6, 6.07) is 15.5. The van der Waals surface area contributed by atoms with E-state index in [1.54, 1.807) is 17.5 Å². The van der Waals surface area contributed by atoms with Crippen molar-refractivity contribution in [2.24, 2.45) is 0 Å². The van der Waals surface area contributed by atoms with Crippen molar-refractivity contribution < 1.29 is 0 Å². The van der Waals surface area contributed by atoms with Crippen LogP contribution in [0.25, 0.3) is 31.1 Å². The first kappa shape index (κ1) is 10.6. The van der Waals surface area contributed by atoms with E-state index in [-0.39, 0.29) is 5.43 Å². The highest BCUT2D eigenvalue weighted by Gasteiger charge is 2.08. The minimum atomic E-state index is 0.107. The van der Waals surface area contributed by atoms with Gasteiger partial charge in [-0.25, -0.2) is 0 Å². The van der Waals surface area contributed by atoms with Crippen LogP contribution in [0.15, 0.2) is 59.5 Å². The summed E-state index contributed by atoms with van der Waals surface area (Å²) in [6.45, 7) is 0. The molecule has 0 amide bonds. The molecule has 0 spiro atoms. The molecular formula is C16H9NOS. The lowest BCUT2D eigenvalue weighted by Gasteiger charge is -2.03. The first-order valence-electron chi connectivity index (χ1n) is 6.04. The maximum Gasteiger partial charge on any atom is 0.195 e. The summed E-state index contributed by atoms with van der Waals surface area (Å²) in [4.78, 5) is 16.9. The van der Waals surface area contributed by atoms with Gasteiger partial charge in [0.05, 0.1) is 5.52 Å². The predicted molar refractivity (Wildman–Crippen MR) is 80.9 cm³/mol. The first-order chi connectivity index (χ1) is 9.34. The summed E-state index contributed by atoms with van der Waals surface area (Å²) < 4.78 is 2.05. The molecule has 0 saturated heterocycles. The summed E-state index contributed by atoms with van der Waals surface area (Å²) in [7, 11) is 0. The number of aromatic nitrogens is 1. The van der Waals surface area contributed by atoms with Gasteiger partial charge in [0.1, 0.15) is 0 Å². The Bertz CT molecular complexity index is 988. The smallest absolute Gasteiger partial charge is 0.195 e. The van der Waals surface area contributed by atoms with Gasteiger partial charge in [-0.2, -0.15) is 0 Å². The highest BCUT2D eigenvalue weighted by Crippen LogP contribution is 2.29. The van der Waals surface area contributed by atoms with Gasteiger partial charge in [-0.05, 0) is 36.4 Å². The fourth-order valence-corrected chi connectivity index (χ4v) is 3.60. The quantitative estimate of drug-likeness (QED) is 0.355. The zero-order valence-corrected chi connectivity index (χ0v) is 10.8. The number of benzene rings is 2. The zero-order chi connectivity index (χ0) is 12.8. The molecule has 19 heavy (non-hydrogen) atoms. The van der Waals surface area contributed by atoms with Crippen LogP contribution in [0, 0.1) is 0 Å². The number of hydrogen-bond donors (Lipinski definition) is 0. The lowest BCUT2D eigenvalue weighted by Crippen LogP contribution is -2.00. The van der Waals surface area contributed by atoms with Crippen LogP contribution in [0.4, 0.5) is 0 Å². The van der Waals surface area contributed by atoms with Gasteiger partial charge in [-0.1, -0.05) is 12.1 Å². The number of nitrogens with zero attached hydrogens (tertiary/aromatic N) is 1. The molecule has 2 aromatic carbocycles. The van der Waals surface area contributed by atoms with E-state index in [1.165, 1.54) is 0 Å². The zero-order valence-electron chi connectivity index (χ0n) is 9.96. The van der Waals surface area contributed by atoms with Crippen molar-refractivity contribution in [1.29, 1.82) is 0 Å². The third-order valence-electron chi connectivity index (χ3n) is 3.32. The van der Waals surface area contributed by atoms with Crippen molar-refractivity contribution in [3.05, 3.63) is 65.0 Å². The van der Waals surface area contributed by atoms with Crippen LogP contribution >= 0.6 is 11.3 Å². The normalized spacial score (nSPS) is 11.4. The number of rotatable bonds is 0. The monoisotopic (exact) mass is 263 g/mol. The summed E-state index contributed by atoms with van der Waals surface area (Å²) in [5.74, 6) is 0. The van der Waals surface area contributed by atoms with Crippen molar-refractivity contribution in [3.63, 3.8) is 0 Å². The average Bonchev–Trinajstić information content (AvgIpc) is 2.47. The fourth-order valence-electron chi connectivity index (χ4n) is 2.41. The highest BCUT2D eigenvalue weighted by molar-refractivity contribution is 7.25. The van der Waals surface area contributed by atoms with Gasteiger partial charge in [0.25, 0.3) is 0 Å². The molecule has 0 aliphatic heterocycles. The molecule has 0 aliphatic carbocycles. The highest BCUT2D eigenvalue weighted by atomic mass is 32.1. The van der Waals surface area contributed by atoms with Gasteiger partial charge in [0.2, 0.25) is 0 Å². The summed E-state index contributed by atoms with van der Waals surface area (Å²) in [6.07, 6.45) is 1.78. The SMILES string of the molecule is O=c1c2ccccc2sc2c1ccc1ncccc12. The number of pyridine rings is 1. The van der Waals surface area contributed by atoms with Crippen LogP contribution in [-0.4, -0.2) is 4.98 Å². The largest absolute Gasteiger partial charge is 0.289 e. The molecule has 2 nitrogen and oxygen atoms in total.